The number of carbonyl (C=O) groups excluding carboxylic acids is 1. The second kappa shape index (κ2) is 5.95. The van der Waals surface area contributed by atoms with Crippen LogP contribution in [0.15, 0.2) is 42.7 Å². The lowest BCUT2D eigenvalue weighted by atomic mass is 9.86. The van der Waals surface area contributed by atoms with Crippen LogP contribution >= 0.6 is 0 Å². The number of carbonyl (C=O) groups is 1. The highest BCUT2D eigenvalue weighted by atomic mass is 16.5. The van der Waals surface area contributed by atoms with E-state index in [1.165, 1.54) is 0 Å². The first-order valence-corrected chi connectivity index (χ1v) is 6.72. The van der Waals surface area contributed by atoms with Gasteiger partial charge in [0.25, 0.3) is 0 Å². The molecule has 110 valence electrons. The van der Waals surface area contributed by atoms with Gasteiger partial charge in [-0.1, -0.05) is 20.8 Å². The summed E-state index contributed by atoms with van der Waals surface area (Å²) in [4.78, 5) is 16.1. The number of hydrogen-bond acceptors (Lipinski definition) is 4. The molecule has 0 bridgehead atoms. The highest BCUT2D eigenvalue weighted by Gasteiger charge is 2.22. The maximum absolute atomic E-state index is 12.2. The molecule has 0 aliphatic carbocycles. The molecule has 1 aromatic heterocycles. The van der Waals surface area contributed by atoms with Crippen LogP contribution in [0.5, 0.6) is 11.5 Å². The predicted octanol–water partition coefficient (Wildman–Crippen LogP) is 3.61. The fourth-order valence-corrected chi connectivity index (χ4v) is 1.96. The maximum atomic E-state index is 12.2. The number of methoxy groups -OCH3 is 1. The third-order valence-electron chi connectivity index (χ3n) is 3.11. The quantitative estimate of drug-likeness (QED) is 0.638. The van der Waals surface area contributed by atoms with Crippen LogP contribution in [0.2, 0.25) is 0 Å². The van der Waals surface area contributed by atoms with Crippen LogP contribution in [-0.4, -0.2) is 18.1 Å². The second-order valence-corrected chi connectivity index (χ2v) is 5.74. The van der Waals surface area contributed by atoms with Crippen LogP contribution in [-0.2, 0) is 5.41 Å². The number of esters is 1. The van der Waals surface area contributed by atoms with E-state index in [1.54, 1.807) is 43.8 Å². The number of ether oxygens (including phenoxy) is 2. The molecule has 0 spiro atoms. The Morgan fingerprint density at radius 1 is 1.10 bits per heavy atom. The van der Waals surface area contributed by atoms with Crippen LogP contribution in [0, 0.1) is 0 Å². The molecular weight excluding hydrogens is 266 g/mol. The largest absolute Gasteiger partial charge is 0.497 e. The summed E-state index contributed by atoms with van der Waals surface area (Å²) in [6, 6.07) is 8.70. The highest BCUT2D eigenvalue weighted by molar-refractivity contribution is 5.91. The molecule has 0 aliphatic heterocycles. The summed E-state index contributed by atoms with van der Waals surface area (Å²) in [6.45, 7) is 6.18. The lowest BCUT2D eigenvalue weighted by molar-refractivity contribution is 0.0731. The van der Waals surface area contributed by atoms with Gasteiger partial charge in [0.05, 0.1) is 12.7 Å². The van der Waals surface area contributed by atoms with E-state index in [4.69, 9.17) is 9.47 Å². The lowest BCUT2D eigenvalue weighted by Crippen LogP contribution is -2.16. The predicted molar refractivity (Wildman–Crippen MR) is 80.9 cm³/mol. The van der Waals surface area contributed by atoms with E-state index in [1.807, 2.05) is 6.07 Å². The van der Waals surface area contributed by atoms with Crippen molar-refractivity contribution in [3.05, 3.63) is 53.9 Å². The Morgan fingerprint density at radius 3 is 2.33 bits per heavy atom. The first kappa shape index (κ1) is 15.0. The van der Waals surface area contributed by atoms with Gasteiger partial charge in [-0.05, 0) is 35.7 Å². The zero-order valence-corrected chi connectivity index (χ0v) is 12.7. The van der Waals surface area contributed by atoms with Gasteiger partial charge in [0.2, 0.25) is 0 Å². The average molecular weight is 285 g/mol. The smallest absolute Gasteiger partial charge is 0.343 e. The van der Waals surface area contributed by atoms with Crippen molar-refractivity contribution in [3.63, 3.8) is 0 Å². The molecule has 2 rings (SSSR count). The van der Waals surface area contributed by atoms with Gasteiger partial charge >= 0.3 is 5.97 Å². The summed E-state index contributed by atoms with van der Waals surface area (Å²) in [6.07, 6.45) is 3.13. The number of pyridine rings is 1. The van der Waals surface area contributed by atoms with Crippen molar-refractivity contribution in [2.75, 3.05) is 7.11 Å². The number of rotatable bonds is 3. The van der Waals surface area contributed by atoms with E-state index in [-0.39, 0.29) is 5.41 Å². The van der Waals surface area contributed by atoms with E-state index in [0.717, 1.165) is 11.3 Å². The molecule has 0 saturated heterocycles. The second-order valence-electron chi connectivity index (χ2n) is 5.74. The molecule has 0 amide bonds. The Hall–Kier alpha value is -2.36. The summed E-state index contributed by atoms with van der Waals surface area (Å²) in [7, 11) is 1.62. The summed E-state index contributed by atoms with van der Waals surface area (Å²) < 4.78 is 10.8. The van der Waals surface area contributed by atoms with Crippen LogP contribution in [0.25, 0.3) is 0 Å². The van der Waals surface area contributed by atoms with Crippen LogP contribution < -0.4 is 9.47 Å². The normalized spacial score (nSPS) is 11.0. The van der Waals surface area contributed by atoms with E-state index < -0.39 is 5.97 Å². The van der Waals surface area contributed by atoms with E-state index >= 15 is 0 Å². The summed E-state index contributed by atoms with van der Waals surface area (Å²) >= 11 is 0. The molecule has 0 atom stereocenters. The topological polar surface area (TPSA) is 48.4 Å². The molecule has 21 heavy (non-hydrogen) atoms. The molecule has 4 nitrogen and oxygen atoms in total. The molecule has 0 unspecified atom stereocenters. The van der Waals surface area contributed by atoms with Crippen molar-refractivity contribution >= 4 is 5.97 Å². The van der Waals surface area contributed by atoms with Crippen molar-refractivity contribution in [3.8, 4) is 11.5 Å². The highest BCUT2D eigenvalue weighted by Crippen LogP contribution is 2.34. The van der Waals surface area contributed by atoms with Crippen molar-refractivity contribution < 1.29 is 14.3 Å². The minimum absolute atomic E-state index is 0.164. The average Bonchev–Trinajstić information content (AvgIpc) is 2.47. The fraction of sp³-hybridized carbons (Fsp3) is 0.294. The Bertz CT molecular complexity index is 630. The lowest BCUT2D eigenvalue weighted by Gasteiger charge is -2.22. The van der Waals surface area contributed by atoms with Gasteiger partial charge in [-0.25, -0.2) is 4.79 Å². The molecule has 0 radical (unpaired) electrons. The van der Waals surface area contributed by atoms with Gasteiger partial charge in [0.15, 0.2) is 0 Å². The minimum atomic E-state index is -0.395. The molecule has 0 N–H and O–H groups in total. The fourth-order valence-electron chi connectivity index (χ4n) is 1.96. The van der Waals surface area contributed by atoms with E-state index in [9.17, 15) is 4.79 Å². The molecule has 1 aromatic carbocycles. The Labute approximate surface area is 124 Å². The SMILES string of the molecule is COc1ccc(OC(=O)c2ccncc2)c(C(C)(C)C)c1. The molecular formula is C17H19NO3. The number of hydrogen-bond donors (Lipinski definition) is 0. The molecule has 0 aliphatic rings. The number of nitrogens with zero attached hydrogens (tertiary/aromatic N) is 1. The van der Waals surface area contributed by atoms with Crippen molar-refractivity contribution in [2.24, 2.45) is 0 Å². The van der Waals surface area contributed by atoms with Gasteiger partial charge in [-0.2, -0.15) is 0 Å². The molecule has 1 heterocycles. The van der Waals surface area contributed by atoms with E-state index in [0.29, 0.717) is 11.3 Å². The molecule has 0 saturated carbocycles. The Balaban J connectivity index is 2.34. The van der Waals surface area contributed by atoms with Crippen LogP contribution in [0.4, 0.5) is 0 Å². The van der Waals surface area contributed by atoms with Crippen LogP contribution in [0.3, 0.4) is 0 Å². The van der Waals surface area contributed by atoms with E-state index in [2.05, 4.69) is 25.8 Å². The third kappa shape index (κ3) is 3.60. The number of benzene rings is 1. The van der Waals surface area contributed by atoms with Gasteiger partial charge in [0, 0.05) is 18.0 Å². The van der Waals surface area contributed by atoms with Crippen molar-refractivity contribution in [1.29, 1.82) is 0 Å². The van der Waals surface area contributed by atoms with Crippen molar-refractivity contribution in [1.82, 2.24) is 4.98 Å². The molecule has 2 aromatic rings. The summed E-state index contributed by atoms with van der Waals surface area (Å²) in [5, 5.41) is 0. The molecule has 4 heteroatoms. The van der Waals surface area contributed by atoms with Gasteiger partial charge in [-0.3, -0.25) is 4.98 Å². The zero-order valence-electron chi connectivity index (χ0n) is 12.7. The Kier molecular flexibility index (Phi) is 4.26. The van der Waals surface area contributed by atoms with Gasteiger partial charge < -0.3 is 9.47 Å². The monoisotopic (exact) mass is 285 g/mol. The summed E-state index contributed by atoms with van der Waals surface area (Å²) in [5.74, 6) is 0.891. The first-order valence-electron chi connectivity index (χ1n) is 6.72. The van der Waals surface area contributed by atoms with Crippen LogP contribution in [0.1, 0.15) is 36.7 Å². The minimum Gasteiger partial charge on any atom is -0.497 e. The van der Waals surface area contributed by atoms with Gasteiger partial charge in [-0.15, -0.1) is 0 Å². The first-order chi connectivity index (χ1) is 9.91. The third-order valence-corrected chi connectivity index (χ3v) is 3.11. The van der Waals surface area contributed by atoms with Gasteiger partial charge in [0.1, 0.15) is 11.5 Å². The Morgan fingerprint density at radius 2 is 1.76 bits per heavy atom. The summed E-state index contributed by atoms with van der Waals surface area (Å²) in [5.41, 5.74) is 1.23. The zero-order chi connectivity index (χ0) is 15.5. The number of aromatic nitrogens is 1. The standard InChI is InChI=1S/C17H19NO3/c1-17(2,3)14-11-13(20-4)5-6-15(14)21-16(19)12-7-9-18-10-8-12/h5-11H,1-4H3. The van der Waals surface area contributed by atoms with Crippen molar-refractivity contribution in [2.45, 2.75) is 26.2 Å². The molecule has 0 fully saturated rings. The maximum Gasteiger partial charge on any atom is 0.343 e.